The summed E-state index contributed by atoms with van der Waals surface area (Å²) in [5.74, 6) is 0.951. The molecular weight excluding hydrogens is 290 g/mol. The third-order valence-electron chi connectivity index (χ3n) is 3.88. The first-order chi connectivity index (χ1) is 8.63. The molecule has 100 valence electrons. The number of rotatable bonds is 3. The molecule has 1 aromatic carbocycles. The highest BCUT2D eigenvalue weighted by atomic mass is 79.9. The smallest absolute Gasteiger partial charge is 0.122 e. The quantitative estimate of drug-likeness (QED) is 0.855. The van der Waals surface area contributed by atoms with Gasteiger partial charge in [-0.25, -0.2) is 0 Å². The van der Waals surface area contributed by atoms with E-state index in [0.29, 0.717) is 0 Å². The number of hydrogen-bond donors (Lipinski definition) is 1. The standard InChI is InChI=1S/C15H22BrNO/c1-18-14-7-6-13(16)10-12(14)11-15(17)8-4-2-3-5-9-15/h6-7,10H,2-5,8-9,11,17H2,1H3. The zero-order chi connectivity index (χ0) is 13.0. The fourth-order valence-corrected chi connectivity index (χ4v) is 3.28. The van der Waals surface area contributed by atoms with Crippen LogP contribution in [0.25, 0.3) is 0 Å². The number of methoxy groups -OCH3 is 1. The third kappa shape index (κ3) is 3.48. The maximum absolute atomic E-state index is 6.59. The SMILES string of the molecule is COc1ccc(Br)cc1CC1(N)CCCCCC1. The van der Waals surface area contributed by atoms with Crippen molar-refractivity contribution in [1.29, 1.82) is 0 Å². The Bertz CT molecular complexity index is 397. The van der Waals surface area contributed by atoms with E-state index in [1.807, 2.05) is 12.1 Å². The second kappa shape index (κ2) is 6.07. The lowest BCUT2D eigenvalue weighted by Gasteiger charge is -2.29. The van der Waals surface area contributed by atoms with Gasteiger partial charge in [0.05, 0.1) is 7.11 Å². The minimum absolute atomic E-state index is 0.0510. The van der Waals surface area contributed by atoms with Crippen molar-refractivity contribution in [3.63, 3.8) is 0 Å². The first kappa shape index (κ1) is 13.9. The molecular formula is C15H22BrNO. The molecule has 0 spiro atoms. The van der Waals surface area contributed by atoms with Crippen LogP contribution < -0.4 is 10.5 Å². The Morgan fingerprint density at radius 2 is 1.89 bits per heavy atom. The van der Waals surface area contributed by atoms with E-state index in [4.69, 9.17) is 10.5 Å². The molecule has 1 aliphatic rings. The van der Waals surface area contributed by atoms with E-state index in [1.165, 1.54) is 31.2 Å². The van der Waals surface area contributed by atoms with E-state index < -0.39 is 0 Å². The average molecular weight is 312 g/mol. The summed E-state index contributed by atoms with van der Waals surface area (Å²) in [6.07, 6.45) is 8.34. The Hall–Kier alpha value is -0.540. The van der Waals surface area contributed by atoms with Crippen LogP contribution in [0, 0.1) is 0 Å². The van der Waals surface area contributed by atoms with Crippen molar-refractivity contribution in [2.75, 3.05) is 7.11 Å². The lowest BCUT2D eigenvalue weighted by molar-refractivity contribution is 0.355. The molecule has 0 radical (unpaired) electrons. The Morgan fingerprint density at radius 3 is 2.50 bits per heavy atom. The van der Waals surface area contributed by atoms with Gasteiger partial charge in [-0.1, -0.05) is 41.6 Å². The zero-order valence-corrected chi connectivity index (χ0v) is 12.6. The molecule has 0 atom stereocenters. The highest BCUT2D eigenvalue weighted by Gasteiger charge is 2.27. The molecule has 1 aromatic rings. The summed E-state index contributed by atoms with van der Waals surface area (Å²) in [6, 6.07) is 6.16. The molecule has 1 aliphatic carbocycles. The molecule has 0 unspecified atom stereocenters. The van der Waals surface area contributed by atoms with Crippen LogP contribution in [0.5, 0.6) is 5.75 Å². The van der Waals surface area contributed by atoms with E-state index in [2.05, 4.69) is 22.0 Å². The Morgan fingerprint density at radius 1 is 1.22 bits per heavy atom. The largest absolute Gasteiger partial charge is 0.496 e. The van der Waals surface area contributed by atoms with Gasteiger partial charge in [0.1, 0.15) is 5.75 Å². The normalized spacial score (nSPS) is 19.3. The summed E-state index contributed by atoms with van der Waals surface area (Å²) in [5.41, 5.74) is 7.76. The zero-order valence-electron chi connectivity index (χ0n) is 11.0. The predicted molar refractivity (Wildman–Crippen MR) is 79.0 cm³/mol. The van der Waals surface area contributed by atoms with Gasteiger partial charge >= 0.3 is 0 Å². The summed E-state index contributed by atoms with van der Waals surface area (Å²) >= 11 is 3.53. The van der Waals surface area contributed by atoms with Crippen molar-refractivity contribution in [1.82, 2.24) is 0 Å². The Labute approximate surface area is 118 Å². The first-order valence-corrected chi connectivity index (χ1v) is 7.54. The van der Waals surface area contributed by atoms with Gasteiger partial charge in [-0.05, 0) is 43.0 Å². The van der Waals surface area contributed by atoms with Crippen molar-refractivity contribution in [3.8, 4) is 5.75 Å². The third-order valence-corrected chi connectivity index (χ3v) is 4.38. The van der Waals surface area contributed by atoms with Gasteiger partial charge in [0.15, 0.2) is 0 Å². The highest BCUT2D eigenvalue weighted by Crippen LogP contribution is 2.32. The molecule has 0 aliphatic heterocycles. The van der Waals surface area contributed by atoms with Crippen LogP contribution in [0.4, 0.5) is 0 Å². The van der Waals surface area contributed by atoms with E-state index in [0.717, 1.165) is 29.5 Å². The summed E-state index contributed by atoms with van der Waals surface area (Å²) in [5, 5.41) is 0. The molecule has 3 heteroatoms. The number of ether oxygens (including phenoxy) is 1. The van der Waals surface area contributed by atoms with Gasteiger partial charge in [0, 0.05) is 10.0 Å². The lowest BCUT2D eigenvalue weighted by Crippen LogP contribution is -2.41. The van der Waals surface area contributed by atoms with Crippen molar-refractivity contribution in [2.45, 2.75) is 50.5 Å². The highest BCUT2D eigenvalue weighted by molar-refractivity contribution is 9.10. The number of halogens is 1. The van der Waals surface area contributed by atoms with Gasteiger partial charge in [-0.3, -0.25) is 0 Å². The van der Waals surface area contributed by atoms with Gasteiger partial charge in [0.2, 0.25) is 0 Å². The molecule has 1 saturated carbocycles. The van der Waals surface area contributed by atoms with Crippen molar-refractivity contribution in [2.24, 2.45) is 5.73 Å². The first-order valence-electron chi connectivity index (χ1n) is 6.74. The molecule has 0 heterocycles. The lowest BCUT2D eigenvalue weighted by atomic mass is 9.84. The topological polar surface area (TPSA) is 35.2 Å². The van der Waals surface area contributed by atoms with Crippen molar-refractivity contribution >= 4 is 15.9 Å². The van der Waals surface area contributed by atoms with Gasteiger partial charge in [-0.2, -0.15) is 0 Å². The molecule has 2 N–H and O–H groups in total. The van der Waals surface area contributed by atoms with Crippen molar-refractivity contribution < 1.29 is 4.74 Å². The van der Waals surface area contributed by atoms with Crippen LogP contribution in [0.2, 0.25) is 0 Å². The van der Waals surface area contributed by atoms with E-state index >= 15 is 0 Å². The fraction of sp³-hybridized carbons (Fsp3) is 0.600. The summed E-state index contributed by atoms with van der Waals surface area (Å²) < 4.78 is 6.53. The molecule has 2 rings (SSSR count). The Balaban J connectivity index is 2.18. The van der Waals surface area contributed by atoms with Crippen molar-refractivity contribution in [3.05, 3.63) is 28.2 Å². The Kier molecular flexibility index (Phi) is 4.68. The molecule has 2 nitrogen and oxygen atoms in total. The average Bonchev–Trinajstić information content (AvgIpc) is 2.54. The van der Waals surface area contributed by atoms with Crippen LogP contribution in [-0.2, 0) is 6.42 Å². The number of hydrogen-bond acceptors (Lipinski definition) is 2. The molecule has 0 saturated heterocycles. The minimum atomic E-state index is -0.0510. The predicted octanol–water partition coefficient (Wildman–Crippen LogP) is 4.05. The van der Waals surface area contributed by atoms with Crippen LogP contribution in [0.1, 0.15) is 44.1 Å². The van der Waals surface area contributed by atoms with E-state index in [-0.39, 0.29) is 5.54 Å². The monoisotopic (exact) mass is 311 g/mol. The van der Waals surface area contributed by atoms with Gasteiger partial charge < -0.3 is 10.5 Å². The maximum Gasteiger partial charge on any atom is 0.122 e. The molecule has 1 fully saturated rings. The van der Waals surface area contributed by atoms with E-state index in [9.17, 15) is 0 Å². The van der Waals surface area contributed by atoms with Crippen LogP contribution in [0.15, 0.2) is 22.7 Å². The minimum Gasteiger partial charge on any atom is -0.496 e. The number of benzene rings is 1. The maximum atomic E-state index is 6.59. The molecule has 0 aromatic heterocycles. The summed E-state index contributed by atoms with van der Waals surface area (Å²) in [6.45, 7) is 0. The molecule has 18 heavy (non-hydrogen) atoms. The second-order valence-electron chi connectivity index (χ2n) is 5.41. The summed E-state index contributed by atoms with van der Waals surface area (Å²) in [7, 11) is 1.73. The van der Waals surface area contributed by atoms with Crippen LogP contribution in [0.3, 0.4) is 0 Å². The van der Waals surface area contributed by atoms with Crippen LogP contribution >= 0.6 is 15.9 Å². The molecule has 0 amide bonds. The summed E-state index contributed by atoms with van der Waals surface area (Å²) in [4.78, 5) is 0. The van der Waals surface area contributed by atoms with Gasteiger partial charge in [0.25, 0.3) is 0 Å². The van der Waals surface area contributed by atoms with E-state index in [1.54, 1.807) is 7.11 Å². The fourth-order valence-electron chi connectivity index (χ4n) is 2.87. The van der Waals surface area contributed by atoms with Crippen LogP contribution in [-0.4, -0.2) is 12.6 Å². The number of nitrogens with two attached hydrogens (primary N) is 1. The molecule has 0 bridgehead atoms. The van der Waals surface area contributed by atoms with Gasteiger partial charge in [-0.15, -0.1) is 0 Å². The second-order valence-corrected chi connectivity index (χ2v) is 6.33.